The average Bonchev–Trinajstić information content (AvgIpc) is 2.71. The SMILES string of the molecule is COCCNC(=O)CCNCc1ccc(C)s1. The molecule has 0 saturated heterocycles. The van der Waals surface area contributed by atoms with Crippen molar-refractivity contribution in [3.8, 4) is 0 Å². The Bertz CT molecular complexity index is 339. The van der Waals surface area contributed by atoms with E-state index in [1.54, 1.807) is 18.4 Å². The Balaban J connectivity index is 2.02. The number of ether oxygens (including phenoxy) is 1. The van der Waals surface area contributed by atoms with Gasteiger partial charge in [0.25, 0.3) is 0 Å². The fourth-order valence-electron chi connectivity index (χ4n) is 1.37. The summed E-state index contributed by atoms with van der Waals surface area (Å²) in [4.78, 5) is 14.0. The maximum absolute atomic E-state index is 11.3. The predicted molar refractivity (Wildman–Crippen MR) is 70.3 cm³/mol. The van der Waals surface area contributed by atoms with E-state index in [2.05, 4.69) is 29.7 Å². The monoisotopic (exact) mass is 256 g/mol. The van der Waals surface area contributed by atoms with E-state index in [4.69, 9.17) is 4.74 Å². The highest BCUT2D eigenvalue weighted by molar-refractivity contribution is 7.11. The van der Waals surface area contributed by atoms with Crippen molar-refractivity contribution in [1.29, 1.82) is 0 Å². The molecule has 0 saturated carbocycles. The number of rotatable bonds is 8. The molecule has 1 rings (SSSR count). The first-order valence-corrected chi connectivity index (χ1v) is 6.55. The minimum Gasteiger partial charge on any atom is -0.383 e. The van der Waals surface area contributed by atoms with Crippen LogP contribution in [0.4, 0.5) is 0 Å². The molecule has 0 atom stereocenters. The van der Waals surface area contributed by atoms with Gasteiger partial charge in [0, 0.05) is 42.9 Å². The zero-order chi connectivity index (χ0) is 12.5. The molecule has 1 heterocycles. The second kappa shape index (κ2) is 8.22. The molecular weight excluding hydrogens is 236 g/mol. The van der Waals surface area contributed by atoms with Crippen LogP contribution in [0.2, 0.25) is 0 Å². The molecule has 4 nitrogen and oxygen atoms in total. The standard InChI is InChI=1S/C12H20N2O2S/c1-10-3-4-11(17-10)9-13-6-5-12(15)14-7-8-16-2/h3-4,13H,5-9H2,1-2H3,(H,14,15). The number of carbonyl (C=O) groups excluding carboxylic acids is 1. The van der Waals surface area contributed by atoms with Gasteiger partial charge in [-0.3, -0.25) is 4.79 Å². The third kappa shape index (κ3) is 6.41. The summed E-state index contributed by atoms with van der Waals surface area (Å²) in [7, 11) is 1.62. The second-order valence-corrected chi connectivity index (χ2v) is 5.15. The summed E-state index contributed by atoms with van der Waals surface area (Å²) in [6, 6.07) is 4.23. The molecule has 0 fully saturated rings. The Morgan fingerprint density at radius 2 is 2.24 bits per heavy atom. The van der Waals surface area contributed by atoms with E-state index in [1.165, 1.54) is 9.75 Å². The van der Waals surface area contributed by atoms with Gasteiger partial charge in [0.2, 0.25) is 5.91 Å². The molecule has 0 aliphatic rings. The zero-order valence-electron chi connectivity index (χ0n) is 10.4. The lowest BCUT2D eigenvalue weighted by molar-refractivity contribution is -0.121. The van der Waals surface area contributed by atoms with E-state index >= 15 is 0 Å². The van der Waals surface area contributed by atoms with Crippen molar-refractivity contribution in [1.82, 2.24) is 10.6 Å². The van der Waals surface area contributed by atoms with Gasteiger partial charge >= 0.3 is 0 Å². The molecule has 0 aliphatic heterocycles. The first-order valence-electron chi connectivity index (χ1n) is 5.74. The van der Waals surface area contributed by atoms with Gasteiger partial charge in [0.1, 0.15) is 0 Å². The molecule has 0 aromatic carbocycles. The van der Waals surface area contributed by atoms with Crippen molar-refractivity contribution in [2.45, 2.75) is 19.9 Å². The number of amides is 1. The van der Waals surface area contributed by atoms with Gasteiger partial charge in [-0.2, -0.15) is 0 Å². The smallest absolute Gasteiger partial charge is 0.221 e. The van der Waals surface area contributed by atoms with Crippen molar-refractivity contribution in [2.75, 3.05) is 26.8 Å². The number of hydrogen-bond acceptors (Lipinski definition) is 4. The van der Waals surface area contributed by atoms with Crippen molar-refractivity contribution in [3.63, 3.8) is 0 Å². The first kappa shape index (κ1) is 14.2. The molecule has 0 bridgehead atoms. The van der Waals surface area contributed by atoms with E-state index in [0.717, 1.165) is 6.54 Å². The molecule has 5 heteroatoms. The Labute approximate surface area is 106 Å². The van der Waals surface area contributed by atoms with E-state index in [1.807, 2.05) is 0 Å². The number of thiophene rings is 1. The van der Waals surface area contributed by atoms with Crippen molar-refractivity contribution in [2.24, 2.45) is 0 Å². The normalized spacial score (nSPS) is 10.5. The number of hydrogen-bond donors (Lipinski definition) is 2. The maximum atomic E-state index is 11.3. The number of carbonyl (C=O) groups is 1. The van der Waals surface area contributed by atoms with Gasteiger partial charge in [-0.25, -0.2) is 0 Å². The van der Waals surface area contributed by atoms with Crippen LogP contribution in [0.15, 0.2) is 12.1 Å². The van der Waals surface area contributed by atoms with E-state index in [9.17, 15) is 4.79 Å². The second-order valence-electron chi connectivity index (χ2n) is 3.78. The van der Waals surface area contributed by atoms with Crippen LogP contribution < -0.4 is 10.6 Å². The molecule has 0 spiro atoms. The van der Waals surface area contributed by atoms with Gasteiger partial charge in [0.15, 0.2) is 0 Å². The maximum Gasteiger partial charge on any atom is 0.221 e. The third-order valence-electron chi connectivity index (χ3n) is 2.25. The molecule has 0 aliphatic carbocycles. The van der Waals surface area contributed by atoms with Crippen LogP contribution >= 0.6 is 11.3 Å². The van der Waals surface area contributed by atoms with Crippen molar-refractivity contribution >= 4 is 17.2 Å². The number of nitrogens with one attached hydrogen (secondary N) is 2. The molecule has 17 heavy (non-hydrogen) atoms. The Hall–Kier alpha value is -0.910. The van der Waals surface area contributed by atoms with Gasteiger partial charge in [-0.1, -0.05) is 0 Å². The molecule has 1 aromatic heterocycles. The molecule has 1 amide bonds. The van der Waals surface area contributed by atoms with Crippen molar-refractivity contribution in [3.05, 3.63) is 21.9 Å². The van der Waals surface area contributed by atoms with Crippen LogP contribution in [0.3, 0.4) is 0 Å². The van der Waals surface area contributed by atoms with E-state index in [0.29, 0.717) is 26.1 Å². The lowest BCUT2D eigenvalue weighted by atomic mass is 10.3. The summed E-state index contributed by atoms with van der Waals surface area (Å²) in [5.41, 5.74) is 0. The lowest BCUT2D eigenvalue weighted by Crippen LogP contribution is -2.29. The fraction of sp³-hybridized carbons (Fsp3) is 0.583. The van der Waals surface area contributed by atoms with E-state index in [-0.39, 0.29) is 5.91 Å². The fourth-order valence-corrected chi connectivity index (χ4v) is 2.23. The van der Waals surface area contributed by atoms with Gasteiger partial charge < -0.3 is 15.4 Å². The minimum absolute atomic E-state index is 0.0666. The lowest BCUT2D eigenvalue weighted by Gasteiger charge is -2.05. The summed E-state index contributed by atoms with van der Waals surface area (Å²) in [5.74, 6) is 0.0666. The Morgan fingerprint density at radius 3 is 2.88 bits per heavy atom. The van der Waals surface area contributed by atoms with Crippen LogP contribution in [0.25, 0.3) is 0 Å². The molecule has 2 N–H and O–H groups in total. The predicted octanol–water partition coefficient (Wildman–Crippen LogP) is 1.30. The third-order valence-corrected chi connectivity index (χ3v) is 3.25. The first-order chi connectivity index (χ1) is 8.22. The summed E-state index contributed by atoms with van der Waals surface area (Å²) in [6.07, 6.45) is 0.508. The molecular formula is C12H20N2O2S. The van der Waals surface area contributed by atoms with Gasteiger partial charge in [-0.15, -0.1) is 11.3 Å². The highest BCUT2D eigenvalue weighted by Crippen LogP contribution is 2.14. The van der Waals surface area contributed by atoms with Crippen LogP contribution in [0.5, 0.6) is 0 Å². The minimum atomic E-state index is 0.0666. The van der Waals surface area contributed by atoms with Gasteiger partial charge in [-0.05, 0) is 19.1 Å². The van der Waals surface area contributed by atoms with Gasteiger partial charge in [0.05, 0.1) is 6.61 Å². The summed E-state index contributed by atoms with van der Waals surface area (Å²) >= 11 is 1.78. The average molecular weight is 256 g/mol. The van der Waals surface area contributed by atoms with E-state index < -0.39 is 0 Å². The number of aryl methyl sites for hydroxylation is 1. The number of methoxy groups -OCH3 is 1. The summed E-state index contributed by atoms with van der Waals surface area (Å²) in [5, 5.41) is 6.04. The zero-order valence-corrected chi connectivity index (χ0v) is 11.2. The quantitative estimate of drug-likeness (QED) is 0.689. The molecule has 96 valence electrons. The van der Waals surface area contributed by atoms with Crippen LogP contribution in [0, 0.1) is 6.92 Å². The summed E-state index contributed by atoms with van der Waals surface area (Å²) < 4.78 is 4.85. The molecule has 1 aromatic rings. The van der Waals surface area contributed by atoms with Crippen LogP contribution in [-0.2, 0) is 16.1 Å². The largest absolute Gasteiger partial charge is 0.383 e. The topological polar surface area (TPSA) is 50.4 Å². The highest BCUT2D eigenvalue weighted by atomic mass is 32.1. The Morgan fingerprint density at radius 1 is 1.41 bits per heavy atom. The van der Waals surface area contributed by atoms with Crippen LogP contribution in [0.1, 0.15) is 16.2 Å². The highest BCUT2D eigenvalue weighted by Gasteiger charge is 2.00. The molecule has 0 unspecified atom stereocenters. The van der Waals surface area contributed by atoms with Crippen LogP contribution in [-0.4, -0.2) is 32.7 Å². The molecule has 0 radical (unpaired) electrons. The summed E-state index contributed by atoms with van der Waals surface area (Å²) in [6.45, 7) is 4.78. The Kier molecular flexibility index (Phi) is 6.84. The van der Waals surface area contributed by atoms with Crippen molar-refractivity contribution < 1.29 is 9.53 Å².